The second kappa shape index (κ2) is 6.75. The molecule has 1 heterocycles. The molecular weight excluding hydrogens is 240 g/mol. The monoisotopic (exact) mass is 256 g/mol. The highest BCUT2D eigenvalue weighted by molar-refractivity contribution is 5.74. The van der Waals surface area contributed by atoms with E-state index in [1.807, 2.05) is 0 Å². The molecule has 1 rings (SSSR count). The number of aromatic nitrogens is 1. The van der Waals surface area contributed by atoms with E-state index in [0.717, 1.165) is 0 Å². The number of ether oxygens (including phenoxy) is 2. The predicted octanol–water partition coefficient (Wildman–Crippen LogP) is 0.131. The molecule has 0 fully saturated rings. The van der Waals surface area contributed by atoms with Gasteiger partial charge in [-0.2, -0.15) is 0 Å². The van der Waals surface area contributed by atoms with Crippen molar-refractivity contribution in [2.75, 3.05) is 27.3 Å². The third kappa shape index (κ3) is 4.17. The Morgan fingerprint density at radius 3 is 2.22 bits per heavy atom. The average molecular weight is 256 g/mol. The number of oxazole rings is 1. The van der Waals surface area contributed by atoms with Crippen molar-refractivity contribution in [3.8, 4) is 0 Å². The summed E-state index contributed by atoms with van der Waals surface area (Å²) in [7, 11) is 2.58. The Morgan fingerprint density at radius 1 is 1.28 bits per heavy atom. The average Bonchev–Trinajstić information content (AvgIpc) is 2.74. The Hall–Kier alpha value is -1.89. The van der Waals surface area contributed by atoms with E-state index in [0.29, 0.717) is 18.0 Å². The van der Waals surface area contributed by atoms with E-state index >= 15 is 0 Å². The van der Waals surface area contributed by atoms with Crippen LogP contribution in [0.2, 0.25) is 0 Å². The minimum absolute atomic E-state index is 0.0160. The molecule has 1 aromatic heterocycles. The molecule has 0 aliphatic heterocycles. The summed E-state index contributed by atoms with van der Waals surface area (Å²) in [5.41, 5.74) is 0.669. The predicted molar refractivity (Wildman–Crippen MR) is 60.5 cm³/mol. The van der Waals surface area contributed by atoms with Crippen molar-refractivity contribution in [3.63, 3.8) is 0 Å². The van der Waals surface area contributed by atoms with E-state index in [9.17, 15) is 9.59 Å². The maximum absolute atomic E-state index is 11.2. The first kappa shape index (κ1) is 14.2. The van der Waals surface area contributed by atoms with Crippen LogP contribution in [-0.2, 0) is 25.6 Å². The molecule has 0 unspecified atom stereocenters. The number of rotatable bonds is 6. The summed E-state index contributed by atoms with van der Waals surface area (Å²) >= 11 is 0. The highest BCUT2D eigenvalue weighted by Crippen LogP contribution is 2.08. The van der Waals surface area contributed by atoms with E-state index in [2.05, 4.69) is 14.5 Å². The molecule has 0 bridgehead atoms. The number of hydrogen-bond donors (Lipinski definition) is 0. The highest BCUT2D eigenvalue weighted by Gasteiger charge is 2.18. The Morgan fingerprint density at radius 2 is 1.83 bits per heavy atom. The van der Waals surface area contributed by atoms with Gasteiger partial charge in [0.05, 0.1) is 33.0 Å². The fraction of sp³-hybridized carbons (Fsp3) is 0.545. The Labute approximate surface area is 105 Å². The molecule has 1 aromatic rings. The van der Waals surface area contributed by atoms with E-state index in [-0.39, 0.29) is 13.1 Å². The van der Waals surface area contributed by atoms with Crippen LogP contribution in [0, 0.1) is 6.92 Å². The molecule has 0 aliphatic carbocycles. The van der Waals surface area contributed by atoms with Crippen LogP contribution in [0.3, 0.4) is 0 Å². The summed E-state index contributed by atoms with van der Waals surface area (Å²) in [4.78, 5) is 28.1. The number of nitrogens with zero attached hydrogens (tertiary/aromatic N) is 2. The van der Waals surface area contributed by atoms with Gasteiger partial charge in [-0.15, -0.1) is 0 Å². The van der Waals surface area contributed by atoms with E-state index < -0.39 is 11.9 Å². The van der Waals surface area contributed by atoms with Crippen LogP contribution in [0.5, 0.6) is 0 Å². The normalized spacial score (nSPS) is 10.4. The van der Waals surface area contributed by atoms with Crippen molar-refractivity contribution in [1.82, 2.24) is 9.88 Å². The minimum atomic E-state index is -0.431. The number of carbonyl (C=O) groups excluding carboxylic acids is 2. The molecule has 0 spiro atoms. The zero-order valence-corrected chi connectivity index (χ0v) is 10.6. The minimum Gasteiger partial charge on any atom is -0.468 e. The van der Waals surface area contributed by atoms with Crippen LogP contribution < -0.4 is 0 Å². The van der Waals surface area contributed by atoms with E-state index in [4.69, 9.17) is 4.42 Å². The van der Waals surface area contributed by atoms with Gasteiger partial charge in [0.2, 0.25) is 0 Å². The van der Waals surface area contributed by atoms with Gasteiger partial charge in [-0.3, -0.25) is 14.5 Å². The lowest BCUT2D eigenvalue weighted by Crippen LogP contribution is -2.35. The summed E-state index contributed by atoms with van der Waals surface area (Å²) in [5, 5.41) is 0. The summed E-state index contributed by atoms with van der Waals surface area (Å²) in [6, 6.07) is 0. The second-order valence-electron chi connectivity index (χ2n) is 3.65. The zero-order valence-electron chi connectivity index (χ0n) is 10.6. The SMILES string of the molecule is COC(=O)CN(CC(=O)OC)Cc1ncoc1C. The van der Waals surface area contributed by atoms with Crippen LogP contribution in [0.1, 0.15) is 11.5 Å². The molecule has 18 heavy (non-hydrogen) atoms. The maximum atomic E-state index is 11.2. The first-order valence-electron chi connectivity index (χ1n) is 5.31. The molecule has 0 saturated carbocycles. The quantitative estimate of drug-likeness (QED) is 0.669. The van der Waals surface area contributed by atoms with Gasteiger partial charge in [-0.1, -0.05) is 0 Å². The molecule has 0 amide bonds. The van der Waals surface area contributed by atoms with Gasteiger partial charge in [0.15, 0.2) is 6.39 Å². The number of carbonyl (C=O) groups is 2. The molecule has 7 heteroatoms. The van der Waals surface area contributed by atoms with Crippen LogP contribution in [0.4, 0.5) is 0 Å². The number of methoxy groups -OCH3 is 2. The highest BCUT2D eigenvalue weighted by atomic mass is 16.5. The van der Waals surface area contributed by atoms with Gasteiger partial charge >= 0.3 is 11.9 Å². The van der Waals surface area contributed by atoms with E-state index in [1.165, 1.54) is 20.6 Å². The van der Waals surface area contributed by atoms with Crippen molar-refractivity contribution in [2.45, 2.75) is 13.5 Å². The Bertz CT molecular complexity index is 397. The van der Waals surface area contributed by atoms with Crippen molar-refractivity contribution in [2.24, 2.45) is 0 Å². The molecule has 0 saturated heterocycles. The Balaban J connectivity index is 2.67. The van der Waals surface area contributed by atoms with Crippen LogP contribution in [0.25, 0.3) is 0 Å². The maximum Gasteiger partial charge on any atom is 0.319 e. The molecule has 0 N–H and O–H groups in total. The lowest BCUT2D eigenvalue weighted by atomic mass is 10.3. The zero-order chi connectivity index (χ0) is 13.5. The van der Waals surface area contributed by atoms with Gasteiger partial charge in [0.1, 0.15) is 5.76 Å². The topological polar surface area (TPSA) is 81.9 Å². The van der Waals surface area contributed by atoms with Crippen molar-refractivity contribution in [1.29, 1.82) is 0 Å². The fourth-order valence-corrected chi connectivity index (χ4v) is 1.35. The lowest BCUT2D eigenvalue weighted by Gasteiger charge is -2.18. The van der Waals surface area contributed by atoms with Gasteiger partial charge in [0.25, 0.3) is 0 Å². The number of esters is 2. The number of aryl methyl sites for hydroxylation is 1. The second-order valence-corrected chi connectivity index (χ2v) is 3.65. The van der Waals surface area contributed by atoms with Crippen molar-refractivity contribution >= 4 is 11.9 Å². The molecular formula is C11H16N2O5. The lowest BCUT2D eigenvalue weighted by molar-refractivity contribution is -0.145. The third-order valence-electron chi connectivity index (χ3n) is 2.38. The smallest absolute Gasteiger partial charge is 0.319 e. The standard InChI is InChI=1S/C11H16N2O5/c1-8-9(12-7-18-8)4-13(5-10(14)16-2)6-11(15)17-3/h7H,4-6H2,1-3H3. The molecule has 0 aromatic carbocycles. The summed E-state index contributed by atoms with van der Waals surface area (Å²) < 4.78 is 14.2. The van der Waals surface area contributed by atoms with Gasteiger partial charge < -0.3 is 13.9 Å². The summed E-state index contributed by atoms with van der Waals surface area (Å²) in [6.45, 7) is 2.04. The summed E-state index contributed by atoms with van der Waals surface area (Å²) in [6.07, 6.45) is 1.32. The van der Waals surface area contributed by atoms with Crippen molar-refractivity contribution in [3.05, 3.63) is 17.8 Å². The van der Waals surface area contributed by atoms with Gasteiger partial charge in [-0.25, -0.2) is 4.98 Å². The molecule has 7 nitrogen and oxygen atoms in total. The van der Waals surface area contributed by atoms with Crippen LogP contribution >= 0.6 is 0 Å². The van der Waals surface area contributed by atoms with Crippen molar-refractivity contribution < 1.29 is 23.5 Å². The third-order valence-corrected chi connectivity index (χ3v) is 2.38. The molecule has 0 radical (unpaired) electrons. The Kier molecular flexibility index (Phi) is 5.31. The van der Waals surface area contributed by atoms with Gasteiger partial charge in [0, 0.05) is 6.54 Å². The van der Waals surface area contributed by atoms with E-state index in [1.54, 1.807) is 11.8 Å². The molecule has 0 aliphatic rings. The van der Waals surface area contributed by atoms with Crippen LogP contribution in [0.15, 0.2) is 10.8 Å². The summed E-state index contributed by atoms with van der Waals surface area (Å²) in [5.74, 6) is -0.213. The number of hydrogen-bond acceptors (Lipinski definition) is 7. The molecule has 100 valence electrons. The first-order valence-corrected chi connectivity index (χ1v) is 5.31. The molecule has 0 atom stereocenters. The largest absolute Gasteiger partial charge is 0.468 e. The van der Waals surface area contributed by atoms with Gasteiger partial charge in [-0.05, 0) is 6.92 Å². The fourth-order valence-electron chi connectivity index (χ4n) is 1.35. The van der Waals surface area contributed by atoms with Crippen LogP contribution in [-0.4, -0.2) is 49.1 Å². The first-order chi connectivity index (χ1) is 8.56.